The molecule has 1 aliphatic rings. The van der Waals surface area contributed by atoms with Gasteiger partial charge in [-0.2, -0.15) is 0 Å². The largest absolute Gasteiger partial charge is 0.497 e. The summed E-state index contributed by atoms with van der Waals surface area (Å²) in [4.78, 5) is 0. The molecular formula is C32H54O5Si. The number of aliphatic hydroxyl groups excluding tert-OH is 1. The molecule has 1 N–H and O–H groups in total. The Labute approximate surface area is 234 Å². The summed E-state index contributed by atoms with van der Waals surface area (Å²) in [7, 11) is -0.429. The van der Waals surface area contributed by atoms with Gasteiger partial charge in [0.25, 0.3) is 0 Å². The van der Waals surface area contributed by atoms with E-state index in [4.69, 9.17) is 18.6 Å². The Balaban J connectivity index is 2.16. The third kappa shape index (κ3) is 9.99. The van der Waals surface area contributed by atoms with Crippen molar-refractivity contribution in [2.75, 3.05) is 13.7 Å². The molecule has 1 saturated heterocycles. The van der Waals surface area contributed by atoms with Crippen molar-refractivity contribution in [3.05, 3.63) is 29.8 Å². The molecule has 1 heterocycles. The van der Waals surface area contributed by atoms with Crippen LogP contribution in [-0.4, -0.2) is 45.5 Å². The van der Waals surface area contributed by atoms with E-state index in [-0.39, 0.29) is 28.8 Å². The number of unbranched alkanes of at least 4 members (excludes halogenated alkanes) is 4. The first-order chi connectivity index (χ1) is 17.8. The van der Waals surface area contributed by atoms with Crippen molar-refractivity contribution in [1.82, 2.24) is 0 Å². The molecule has 0 bridgehead atoms. The summed E-state index contributed by atoms with van der Waals surface area (Å²) in [6.07, 6.45) is 6.71. The van der Waals surface area contributed by atoms with Crippen LogP contribution in [0.5, 0.6) is 5.75 Å². The Morgan fingerprint density at radius 1 is 1.05 bits per heavy atom. The van der Waals surface area contributed by atoms with Crippen molar-refractivity contribution in [3.8, 4) is 17.6 Å². The van der Waals surface area contributed by atoms with Crippen LogP contribution in [0.4, 0.5) is 0 Å². The molecule has 0 aromatic heterocycles. The van der Waals surface area contributed by atoms with E-state index < -0.39 is 14.6 Å². The van der Waals surface area contributed by atoms with Crippen LogP contribution in [0.25, 0.3) is 0 Å². The molecule has 216 valence electrons. The summed E-state index contributed by atoms with van der Waals surface area (Å²) in [6, 6.07) is 7.85. The van der Waals surface area contributed by atoms with Crippen LogP contribution < -0.4 is 4.74 Å². The number of hydrogen-bond donors (Lipinski definition) is 1. The van der Waals surface area contributed by atoms with Gasteiger partial charge in [0.05, 0.1) is 32.0 Å². The quantitative estimate of drug-likeness (QED) is 0.154. The van der Waals surface area contributed by atoms with Gasteiger partial charge in [-0.05, 0) is 36.7 Å². The van der Waals surface area contributed by atoms with E-state index in [0.29, 0.717) is 19.4 Å². The van der Waals surface area contributed by atoms with Crippen molar-refractivity contribution in [2.24, 2.45) is 5.41 Å². The molecular weight excluding hydrogens is 492 g/mol. The zero-order valence-electron chi connectivity index (χ0n) is 25.6. The highest BCUT2D eigenvalue weighted by atomic mass is 28.4. The van der Waals surface area contributed by atoms with Crippen molar-refractivity contribution >= 4 is 8.32 Å². The van der Waals surface area contributed by atoms with Gasteiger partial charge in [-0.3, -0.25) is 0 Å². The fraction of sp³-hybridized carbons (Fsp3) is 0.750. The molecule has 0 radical (unpaired) electrons. The number of benzene rings is 1. The SMILES string of the molecule is CCCCCCC[C@@H](O)CC#CC[C@@H](O[Si](C)(C)C(C)(C)C)[C@@H]1O[C@@H](c2ccc(OC)cc2)OCC1(C)C. The maximum absolute atomic E-state index is 10.4. The van der Waals surface area contributed by atoms with Gasteiger partial charge < -0.3 is 23.7 Å². The van der Waals surface area contributed by atoms with Crippen LogP contribution >= 0.6 is 0 Å². The normalized spacial score (nSPS) is 21.3. The van der Waals surface area contributed by atoms with Crippen molar-refractivity contribution in [3.63, 3.8) is 0 Å². The zero-order valence-corrected chi connectivity index (χ0v) is 26.6. The highest BCUT2D eigenvalue weighted by molar-refractivity contribution is 6.74. The van der Waals surface area contributed by atoms with E-state index in [9.17, 15) is 5.11 Å². The summed E-state index contributed by atoms with van der Waals surface area (Å²) < 4.78 is 25.1. The molecule has 1 aliphatic heterocycles. The van der Waals surface area contributed by atoms with E-state index in [1.807, 2.05) is 24.3 Å². The molecule has 0 unspecified atom stereocenters. The van der Waals surface area contributed by atoms with Gasteiger partial charge in [-0.25, -0.2) is 0 Å². The Hall–Kier alpha value is -1.36. The molecule has 4 atom stereocenters. The molecule has 0 amide bonds. The minimum Gasteiger partial charge on any atom is -0.497 e. The van der Waals surface area contributed by atoms with Gasteiger partial charge in [0.15, 0.2) is 14.6 Å². The minimum atomic E-state index is -2.09. The molecule has 5 nitrogen and oxygen atoms in total. The standard InChI is InChI=1S/C32H54O5Si/c1-10-11-12-13-14-17-26(33)18-15-16-19-28(37-38(8,9)31(2,3)4)29-32(5,6)24-35-30(36-29)25-20-22-27(34-7)23-21-25/h20-23,26,28-30,33H,10-14,17-19,24H2,1-9H3/t26-,28-,29+,30+/m1/s1. The number of rotatable bonds is 13. The second kappa shape index (κ2) is 14.9. The van der Waals surface area contributed by atoms with E-state index >= 15 is 0 Å². The molecule has 0 aliphatic carbocycles. The molecule has 1 aromatic carbocycles. The maximum atomic E-state index is 10.4. The van der Waals surface area contributed by atoms with E-state index in [1.54, 1.807) is 7.11 Å². The predicted octanol–water partition coefficient (Wildman–Crippen LogP) is 8.03. The fourth-order valence-electron chi connectivity index (χ4n) is 4.47. The number of hydrogen-bond acceptors (Lipinski definition) is 5. The van der Waals surface area contributed by atoms with Gasteiger partial charge in [0, 0.05) is 23.8 Å². The Bertz CT molecular complexity index is 878. The lowest BCUT2D eigenvalue weighted by molar-refractivity contribution is -0.282. The van der Waals surface area contributed by atoms with E-state index in [1.165, 1.54) is 25.7 Å². The number of aliphatic hydroxyl groups is 1. The Kier molecular flexibility index (Phi) is 12.8. The first-order valence-electron chi connectivity index (χ1n) is 14.5. The minimum absolute atomic E-state index is 0.0668. The highest BCUT2D eigenvalue weighted by Crippen LogP contribution is 2.43. The third-order valence-electron chi connectivity index (χ3n) is 8.03. The summed E-state index contributed by atoms with van der Waals surface area (Å²) in [5.41, 5.74) is 0.723. The van der Waals surface area contributed by atoms with Crippen molar-refractivity contribution in [1.29, 1.82) is 0 Å². The van der Waals surface area contributed by atoms with Crippen LogP contribution in [0.1, 0.15) is 105 Å². The van der Waals surface area contributed by atoms with Crippen LogP contribution in [0.3, 0.4) is 0 Å². The molecule has 1 fully saturated rings. The van der Waals surface area contributed by atoms with E-state index in [0.717, 1.165) is 24.2 Å². The third-order valence-corrected chi connectivity index (χ3v) is 12.5. The molecule has 0 spiro atoms. The summed E-state index contributed by atoms with van der Waals surface area (Å²) in [5.74, 6) is 7.41. The molecule has 0 saturated carbocycles. The first-order valence-corrected chi connectivity index (χ1v) is 17.4. The summed E-state index contributed by atoms with van der Waals surface area (Å²) >= 11 is 0. The lowest BCUT2D eigenvalue weighted by atomic mass is 9.82. The molecule has 1 aromatic rings. The maximum Gasteiger partial charge on any atom is 0.192 e. The smallest absolute Gasteiger partial charge is 0.192 e. The summed E-state index contributed by atoms with van der Waals surface area (Å²) in [5, 5.41) is 10.5. The topological polar surface area (TPSA) is 57.2 Å². The van der Waals surface area contributed by atoms with E-state index in [2.05, 4.69) is 66.5 Å². The zero-order chi connectivity index (χ0) is 28.4. The van der Waals surface area contributed by atoms with Crippen LogP contribution in [-0.2, 0) is 13.9 Å². The Morgan fingerprint density at radius 3 is 2.29 bits per heavy atom. The second-order valence-electron chi connectivity index (χ2n) is 13.0. The van der Waals surface area contributed by atoms with Gasteiger partial charge in [-0.15, -0.1) is 11.8 Å². The van der Waals surface area contributed by atoms with Crippen LogP contribution in [0, 0.1) is 17.3 Å². The van der Waals surface area contributed by atoms with Gasteiger partial charge in [-0.1, -0.05) is 85.8 Å². The predicted molar refractivity (Wildman–Crippen MR) is 159 cm³/mol. The molecule has 2 rings (SSSR count). The van der Waals surface area contributed by atoms with Crippen LogP contribution in [0.15, 0.2) is 24.3 Å². The van der Waals surface area contributed by atoms with Crippen molar-refractivity contribution in [2.45, 2.75) is 136 Å². The summed E-state index contributed by atoms with van der Waals surface area (Å²) in [6.45, 7) is 18.5. The van der Waals surface area contributed by atoms with Gasteiger partial charge >= 0.3 is 0 Å². The number of methoxy groups -OCH3 is 1. The van der Waals surface area contributed by atoms with Crippen LogP contribution in [0.2, 0.25) is 18.1 Å². The average Bonchev–Trinajstić information content (AvgIpc) is 2.85. The average molecular weight is 547 g/mol. The first kappa shape index (κ1) is 32.8. The lowest BCUT2D eigenvalue weighted by Crippen LogP contribution is -2.54. The monoisotopic (exact) mass is 546 g/mol. The molecule has 38 heavy (non-hydrogen) atoms. The lowest BCUT2D eigenvalue weighted by Gasteiger charge is -2.48. The second-order valence-corrected chi connectivity index (χ2v) is 17.8. The molecule has 6 heteroatoms. The Morgan fingerprint density at radius 2 is 1.68 bits per heavy atom. The number of ether oxygens (including phenoxy) is 3. The van der Waals surface area contributed by atoms with Gasteiger partial charge in [0.2, 0.25) is 0 Å². The van der Waals surface area contributed by atoms with Crippen molar-refractivity contribution < 1.29 is 23.7 Å². The fourth-order valence-corrected chi connectivity index (χ4v) is 5.79. The van der Waals surface area contributed by atoms with Gasteiger partial charge in [0.1, 0.15) is 5.75 Å². The highest BCUT2D eigenvalue weighted by Gasteiger charge is 2.47.